The molecule has 2 unspecified atom stereocenters. The van der Waals surface area contributed by atoms with Crippen LogP contribution in [0.4, 0.5) is 5.69 Å². The molecule has 3 aliphatic rings. The molecule has 3 heterocycles. The van der Waals surface area contributed by atoms with Crippen LogP contribution in [0.2, 0.25) is 0 Å². The summed E-state index contributed by atoms with van der Waals surface area (Å²) < 4.78 is 42.9. The number of rotatable bonds is 9. The fraction of sp³-hybridized carbons (Fsp3) is 0.609. The predicted octanol–water partition coefficient (Wildman–Crippen LogP) is -2.54. The van der Waals surface area contributed by atoms with Crippen molar-refractivity contribution >= 4 is 11.6 Å². The van der Waals surface area contributed by atoms with E-state index in [1.165, 1.54) is 4.90 Å². The number of amides is 1. The minimum atomic E-state index is -4.64. The summed E-state index contributed by atoms with van der Waals surface area (Å²) in [6.45, 7) is 8.95. The lowest BCUT2D eigenvalue weighted by molar-refractivity contribution is -1.92. The molecule has 0 bridgehead atoms. The van der Waals surface area contributed by atoms with Crippen molar-refractivity contribution in [3.8, 4) is 5.75 Å². The smallest absolute Gasteiger partial charge is 0.291 e. The lowest BCUT2D eigenvalue weighted by atomic mass is 10.1. The second-order valence-corrected chi connectivity index (χ2v) is 10.2. The number of hydrogen-bond donors (Lipinski definition) is 1. The Bertz CT molecular complexity index is 904. The molecule has 1 aromatic rings. The Hall–Kier alpha value is -2.16. The first kappa shape index (κ1) is 28.4. The van der Waals surface area contributed by atoms with Gasteiger partial charge in [0.25, 0.3) is 12.0 Å². The summed E-state index contributed by atoms with van der Waals surface area (Å²) in [5.74, 6) is 1.19. The molecule has 1 aromatic carbocycles. The number of anilines is 1. The van der Waals surface area contributed by atoms with Crippen LogP contribution in [0.15, 0.2) is 36.1 Å². The highest BCUT2D eigenvalue weighted by Gasteiger charge is 2.41. The summed E-state index contributed by atoms with van der Waals surface area (Å²) in [5, 5.41) is 0. The minimum Gasteiger partial charge on any atom is -0.489 e. The van der Waals surface area contributed by atoms with Crippen molar-refractivity contribution in [1.82, 2.24) is 15.3 Å². The first-order valence-corrected chi connectivity index (χ1v) is 13.2. The number of piperazine rings is 1. The summed E-state index contributed by atoms with van der Waals surface area (Å²) in [5.41, 5.74) is 4.03. The van der Waals surface area contributed by atoms with Crippen molar-refractivity contribution in [2.24, 2.45) is 0 Å². The third-order valence-electron chi connectivity index (χ3n) is 6.16. The zero-order chi connectivity index (χ0) is 25.0. The van der Waals surface area contributed by atoms with Crippen LogP contribution in [0.3, 0.4) is 0 Å². The summed E-state index contributed by atoms with van der Waals surface area (Å²) >= 11 is 0. The first-order valence-electron chi connectivity index (χ1n) is 11.9. The molecule has 2 saturated heterocycles. The van der Waals surface area contributed by atoms with Gasteiger partial charge in [0.1, 0.15) is 11.5 Å². The highest BCUT2D eigenvalue weighted by molar-refractivity contribution is 5.81. The molecular weight excluding hydrogens is 496 g/mol. The summed E-state index contributed by atoms with van der Waals surface area (Å²) in [6.07, 6.45) is 1.56. The second kappa shape index (κ2) is 12.4. The number of nitrogens with one attached hydrogen (secondary N) is 1. The van der Waals surface area contributed by atoms with Crippen LogP contribution in [0.1, 0.15) is 26.7 Å². The topological polar surface area (TPSA) is 167 Å². The SMILES string of the molecule is CC(C)Oc1ccccc1N1CCN(CC2=CC(CN3CCCC(O[Cl+3]([O-])([O-])[O-])C3=O)NO2)CC1.O. The number of ether oxygens (including phenoxy) is 1. The molecule has 12 nitrogen and oxygen atoms in total. The number of hydroxylamine groups is 1. The maximum Gasteiger partial charge on any atom is 0.291 e. The number of nitrogens with zero attached hydrogens (tertiary/aromatic N) is 3. The average molecular weight is 531 g/mol. The van der Waals surface area contributed by atoms with E-state index in [0.717, 1.165) is 43.4 Å². The highest BCUT2D eigenvalue weighted by Crippen LogP contribution is 2.30. The zero-order valence-corrected chi connectivity index (χ0v) is 21.3. The number of carbonyl (C=O) groups excluding carboxylic acids is 1. The number of benzene rings is 1. The van der Waals surface area contributed by atoms with Crippen molar-refractivity contribution in [2.45, 2.75) is 44.9 Å². The Morgan fingerprint density at radius 2 is 1.86 bits per heavy atom. The van der Waals surface area contributed by atoms with E-state index < -0.39 is 22.3 Å². The van der Waals surface area contributed by atoms with Crippen LogP contribution in [-0.2, 0) is 13.9 Å². The van der Waals surface area contributed by atoms with Gasteiger partial charge in [0.2, 0.25) is 0 Å². The van der Waals surface area contributed by atoms with Gasteiger partial charge in [0, 0.05) is 45.7 Å². The van der Waals surface area contributed by atoms with Crippen LogP contribution in [0, 0.1) is 10.2 Å². The van der Waals surface area contributed by atoms with Crippen LogP contribution < -0.4 is 29.1 Å². The van der Waals surface area contributed by atoms with Crippen molar-refractivity contribution in [1.29, 1.82) is 0 Å². The molecule has 0 saturated carbocycles. The molecule has 13 heteroatoms. The standard InChI is InChI=1S/C23H33ClN4O7.H2O/c1-17(2)33-21-7-4-3-6-20(21)27-12-10-26(11-13-27)16-19-14-18(25-35-19)15-28-9-5-8-22(23(28)29)34-24(30,31)32;/h3-4,6-7,14,17-18,22,25H,5,8-13,15-16H2,1-2H3;1H2. The monoisotopic (exact) mass is 530 g/mol. The molecule has 3 N–H and O–H groups in total. The van der Waals surface area contributed by atoms with Gasteiger partial charge in [-0.15, -0.1) is 5.48 Å². The molecule has 1 amide bonds. The fourth-order valence-corrected chi connectivity index (χ4v) is 5.02. The molecule has 202 valence electrons. The Kier molecular flexibility index (Phi) is 9.78. The van der Waals surface area contributed by atoms with Gasteiger partial charge in [0.15, 0.2) is 0 Å². The van der Waals surface area contributed by atoms with Crippen molar-refractivity contribution in [3.05, 3.63) is 36.1 Å². The molecular formula is C23H35ClN4O8. The number of carbonyl (C=O) groups is 1. The Labute approximate surface area is 213 Å². The van der Waals surface area contributed by atoms with E-state index >= 15 is 0 Å². The third-order valence-corrected chi connectivity index (χ3v) is 6.60. The van der Waals surface area contributed by atoms with E-state index in [0.29, 0.717) is 26.1 Å². The molecule has 2 fully saturated rings. The lowest BCUT2D eigenvalue weighted by Crippen LogP contribution is -2.64. The zero-order valence-electron chi connectivity index (χ0n) is 20.6. The molecule has 2 atom stereocenters. The third kappa shape index (κ3) is 7.67. The van der Waals surface area contributed by atoms with Gasteiger partial charge in [-0.2, -0.15) is 14.0 Å². The van der Waals surface area contributed by atoms with Gasteiger partial charge in [-0.1, -0.05) is 12.1 Å². The van der Waals surface area contributed by atoms with Crippen LogP contribution in [0.5, 0.6) is 5.75 Å². The summed E-state index contributed by atoms with van der Waals surface area (Å²) in [6, 6.07) is 7.88. The van der Waals surface area contributed by atoms with Gasteiger partial charge in [-0.05, 0) is 38.5 Å². The molecule has 0 spiro atoms. The largest absolute Gasteiger partial charge is 0.489 e. The fourth-order valence-electron chi connectivity index (χ4n) is 4.60. The number of hydrogen-bond acceptors (Lipinski definition) is 10. The van der Waals surface area contributed by atoms with Gasteiger partial charge >= 0.3 is 0 Å². The Balaban J connectivity index is 0.00000361. The van der Waals surface area contributed by atoms with Gasteiger partial charge in [-0.3, -0.25) is 9.69 Å². The number of likely N-dealkylation sites (tertiary alicyclic amines) is 1. The molecule has 3 aliphatic heterocycles. The van der Waals surface area contributed by atoms with E-state index in [2.05, 4.69) is 25.6 Å². The van der Waals surface area contributed by atoms with Gasteiger partial charge in [-0.25, -0.2) is 0 Å². The predicted molar refractivity (Wildman–Crippen MR) is 121 cm³/mol. The molecule has 0 aliphatic carbocycles. The number of para-hydroxylation sites is 2. The average Bonchev–Trinajstić information content (AvgIpc) is 3.23. The maximum absolute atomic E-state index is 12.5. The van der Waals surface area contributed by atoms with Crippen molar-refractivity contribution in [2.75, 3.05) is 50.7 Å². The molecule has 0 radical (unpaired) electrons. The van der Waals surface area contributed by atoms with Crippen molar-refractivity contribution in [3.63, 3.8) is 0 Å². The first-order chi connectivity index (χ1) is 16.7. The normalized spacial score (nSPS) is 23.4. The second-order valence-electron chi connectivity index (χ2n) is 9.24. The molecule has 4 rings (SSSR count). The number of halogens is 1. The maximum atomic E-state index is 12.5. The summed E-state index contributed by atoms with van der Waals surface area (Å²) in [4.78, 5) is 24.3. The molecule has 36 heavy (non-hydrogen) atoms. The van der Waals surface area contributed by atoms with E-state index in [1.807, 2.05) is 38.1 Å². The Morgan fingerprint density at radius 1 is 1.14 bits per heavy atom. The minimum absolute atomic E-state index is 0. The lowest BCUT2D eigenvalue weighted by Gasteiger charge is -2.36. The van der Waals surface area contributed by atoms with Crippen LogP contribution >= 0.6 is 0 Å². The highest BCUT2D eigenvalue weighted by atomic mass is 35.7. The van der Waals surface area contributed by atoms with Gasteiger partial charge < -0.3 is 24.9 Å². The van der Waals surface area contributed by atoms with Gasteiger partial charge in [0.05, 0.1) is 38.9 Å². The van der Waals surface area contributed by atoms with Crippen LogP contribution in [-0.4, -0.2) is 85.2 Å². The van der Waals surface area contributed by atoms with E-state index in [9.17, 15) is 18.8 Å². The quantitative estimate of drug-likeness (QED) is 0.359. The van der Waals surface area contributed by atoms with Crippen molar-refractivity contribution < 1.29 is 48.4 Å². The van der Waals surface area contributed by atoms with E-state index in [-0.39, 0.29) is 24.0 Å². The van der Waals surface area contributed by atoms with Crippen LogP contribution in [0.25, 0.3) is 0 Å². The van der Waals surface area contributed by atoms with E-state index in [1.54, 1.807) is 0 Å². The Morgan fingerprint density at radius 3 is 2.56 bits per heavy atom. The summed E-state index contributed by atoms with van der Waals surface area (Å²) in [7, 11) is -4.64. The molecule has 0 aromatic heterocycles. The number of piperidine rings is 1. The van der Waals surface area contributed by atoms with E-state index in [4.69, 9.17) is 9.57 Å².